The number of hydrogen-bond donors (Lipinski definition) is 0. The van der Waals surface area contributed by atoms with Gasteiger partial charge in [0.15, 0.2) is 5.82 Å². The normalized spacial score (nSPS) is 11.9. The molecular weight excluding hydrogens is 393 g/mol. The Kier molecular flexibility index (Phi) is 4.38. The highest BCUT2D eigenvalue weighted by Crippen LogP contribution is 2.31. The molecule has 0 aliphatic rings. The average molecular weight is 408 g/mol. The first kappa shape index (κ1) is 15.0. The van der Waals surface area contributed by atoms with Crippen LogP contribution in [0.1, 0.15) is 26.6 Å². The minimum absolute atomic E-state index is 0.0892. The molecule has 0 bridgehead atoms. The predicted octanol–water partition coefficient (Wildman–Crippen LogP) is 5.01. The van der Waals surface area contributed by atoms with Crippen molar-refractivity contribution in [1.82, 2.24) is 14.8 Å². The number of rotatable bonds is 2. The van der Waals surface area contributed by atoms with Crippen molar-refractivity contribution in [2.24, 2.45) is 0 Å². The number of halogens is 3. The molecular formula is C13H14Br2ClN3. The Morgan fingerprint density at radius 2 is 1.95 bits per heavy atom. The van der Waals surface area contributed by atoms with Gasteiger partial charge >= 0.3 is 0 Å². The van der Waals surface area contributed by atoms with Crippen molar-refractivity contribution >= 4 is 43.5 Å². The van der Waals surface area contributed by atoms with Crippen LogP contribution < -0.4 is 0 Å². The summed E-state index contributed by atoms with van der Waals surface area (Å²) in [7, 11) is 0. The van der Waals surface area contributed by atoms with Crippen LogP contribution in [0.15, 0.2) is 22.7 Å². The lowest BCUT2D eigenvalue weighted by molar-refractivity contribution is 0.391. The van der Waals surface area contributed by atoms with E-state index >= 15 is 0 Å². The predicted molar refractivity (Wildman–Crippen MR) is 85.8 cm³/mol. The first-order valence-electron chi connectivity index (χ1n) is 5.80. The molecule has 0 amide bonds. The molecule has 0 fully saturated rings. The Bertz CT molecular complexity index is 602. The van der Waals surface area contributed by atoms with Crippen molar-refractivity contribution in [3.05, 3.63) is 33.5 Å². The number of aromatic nitrogens is 3. The largest absolute Gasteiger partial charge is 0.305 e. The van der Waals surface area contributed by atoms with Crippen LogP contribution in [0.25, 0.3) is 11.4 Å². The molecule has 0 aliphatic carbocycles. The van der Waals surface area contributed by atoms with Gasteiger partial charge in [-0.1, -0.05) is 27.5 Å². The zero-order valence-electron chi connectivity index (χ0n) is 10.9. The Hall–Kier alpha value is -0.390. The van der Waals surface area contributed by atoms with E-state index < -0.39 is 0 Å². The molecule has 0 N–H and O–H groups in total. The first-order valence-corrected chi connectivity index (χ1v) is 8.10. The molecule has 0 saturated heterocycles. The zero-order chi connectivity index (χ0) is 14.2. The third kappa shape index (κ3) is 3.03. The van der Waals surface area contributed by atoms with Crippen LogP contribution in [-0.2, 0) is 10.9 Å². The molecule has 0 atom stereocenters. The average Bonchev–Trinajstić information content (AvgIpc) is 2.76. The zero-order valence-corrected chi connectivity index (χ0v) is 14.8. The summed E-state index contributed by atoms with van der Waals surface area (Å²) in [6.45, 7) is 6.41. The molecule has 2 rings (SSSR count). The number of nitrogens with zero attached hydrogens (tertiary/aromatic N) is 3. The second-order valence-electron chi connectivity index (χ2n) is 5.21. The minimum Gasteiger partial charge on any atom is -0.305 e. The molecule has 19 heavy (non-hydrogen) atoms. The van der Waals surface area contributed by atoms with E-state index in [0.717, 1.165) is 21.7 Å². The molecule has 0 radical (unpaired) electrons. The monoisotopic (exact) mass is 405 g/mol. The third-order valence-corrected chi connectivity index (χ3v) is 4.41. The molecule has 0 saturated carbocycles. The summed E-state index contributed by atoms with van der Waals surface area (Å²) in [6, 6.07) is 5.78. The fourth-order valence-electron chi connectivity index (χ4n) is 1.93. The van der Waals surface area contributed by atoms with E-state index in [1.807, 2.05) is 18.2 Å². The molecule has 0 spiro atoms. The van der Waals surface area contributed by atoms with Gasteiger partial charge in [-0.25, -0.2) is 0 Å². The molecule has 1 aromatic heterocycles. The van der Waals surface area contributed by atoms with Crippen molar-refractivity contribution < 1.29 is 0 Å². The van der Waals surface area contributed by atoms with Crippen LogP contribution in [0.2, 0.25) is 5.02 Å². The van der Waals surface area contributed by atoms with Gasteiger partial charge in [-0.05, 0) is 54.9 Å². The lowest BCUT2D eigenvalue weighted by Crippen LogP contribution is -2.24. The van der Waals surface area contributed by atoms with Crippen LogP contribution in [0.5, 0.6) is 0 Å². The maximum absolute atomic E-state index is 6.03. The molecule has 2 aromatic rings. The van der Waals surface area contributed by atoms with E-state index in [4.69, 9.17) is 11.6 Å². The highest BCUT2D eigenvalue weighted by molar-refractivity contribution is 9.10. The Labute approximate surface area is 134 Å². The van der Waals surface area contributed by atoms with E-state index in [2.05, 4.69) is 67.4 Å². The van der Waals surface area contributed by atoms with Crippen molar-refractivity contribution in [2.45, 2.75) is 31.6 Å². The van der Waals surface area contributed by atoms with Crippen molar-refractivity contribution in [1.29, 1.82) is 0 Å². The molecule has 6 heteroatoms. The molecule has 3 nitrogen and oxygen atoms in total. The van der Waals surface area contributed by atoms with E-state index in [0.29, 0.717) is 10.4 Å². The number of benzene rings is 1. The van der Waals surface area contributed by atoms with E-state index in [9.17, 15) is 0 Å². The smallest absolute Gasteiger partial charge is 0.164 e. The number of alkyl halides is 1. The molecule has 1 heterocycles. The third-order valence-electron chi connectivity index (χ3n) is 2.70. The summed E-state index contributed by atoms with van der Waals surface area (Å²) in [5.41, 5.74) is 0.902. The van der Waals surface area contributed by atoms with Gasteiger partial charge in [-0.3, -0.25) is 0 Å². The highest BCUT2D eigenvalue weighted by atomic mass is 79.9. The maximum Gasteiger partial charge on any atom is 0.164 e. The van der Waals surface area contributed by atoms with Crippen LogP contribution in [0.3, 0.4) is 0 Å². The summed E-state index contributed by atoms with van der Waals surface area (Å²) in [5.74, 6) is 1.76. The lowest BCUT2D eigenvalue weighted by atomic mass is 10.1. The highest BCUT2D eigenvalue weighted by Gasteiger charge is 2.23. The minimum atomic E-state index is -0.0892. The Morgan fingerprint density at radius 3 is 2.47 bits per heavy atom. The summed E-state index contributed by atoms with van der Waals surface area (Å²) >= 11 is 12.9. The Balaban J connectivity index is 2.62. The summed E-state index contributed by atoms with van der Waals surface area (Å²) in [6.07, 6.45) is 0. The topological polar surface area (TPSA) is 30.7 Å². The van der Waals surface area contributed by atoms with Crippen LogP contribution in [0, 0.1) is 0 Å². The van der Waals surface area contributed by atoms with Crippen LogP contribution in [-0.4, -0.2) is 14.8 Å². The number of hydrogen-bond acceptors (Lipinski definition) is 2. The van der Waals surface area contributed by atoms with Gasteiger partial charge in [-0.2, -0.15) is 0 Å². The van der Waals surface area contributed by atoms with Gasteiger partial charge in [-0.15, -0.1) is 10.2 Å². The molecule has 0 aliphatic heterocycles. The van der Waals surface area contributed by atoms with Gasteiger partial charge in [0.05, 0.1) is 10.4 Å². The maximum atomic E-state index is 6.03. The fraction of sp³-hybridized carbons (Fsp3) is 0.385. The molecule has 102 valence electrons. The van der Waals surface area contributed by atoms with E-state index in [1.165, 1.54) is 0 Å². The van der Waals surface area contributed by atoms with Crippen LogP contribution in [0.4, 0.5) is 0 Å². The standard InChI is InChI=1S/C13H14Br2ClN3/c1-13(2,3)19-11(7-14)17-18-12(19)8-4-5-10(16)9(15)6-8/h4-6H,7H2,1-3H3. The van der Waals surface area contributed by atoms with Crippen molar-refractivity contribution in [3.8, 4) is 11.4 Å². The van der Waals surface area contributed by atoms with Gasteiger partial charge in [0.25, 0.3) is 0 Å². The van der Waals surface area contributed by atoms with Crippen molar-refractivity contribution in [3.63, 3.8) is 0 Å². The molecule has 1 aromatic carbocycles. The van der Waals surface area contributed by atoms with E-state index in [1.54, 1.807) is 0 Å². The first-order chi connectivity index (χ1) is 8.84. The van der Waals surface area contributed by atoms with Crippen LogP contribution >= 0.6 is 43.5 Å². The quantitative estimate of drug-likeness (QED) is 0.655. The summed E-state index contributed by atoms with van der Waals surface area (Å²) < 4.78 is 2.99. The summed E-state index contributed by atoms with van der Waals surface area (Å²) in [5, 5.41) is 9.92. The van der Waals surface area contributed by atoms with Crippen molar-refractivity contribution in [2.75, 3.05) is 0 Å². The second-order valence-corrected chi connectivity index (χ2v) is 7.03. The SMILES string of the molecule is CC(C)(C)n1c(CBr)nnc1-c1ccc(Cl)c(Br)c1. The second kappa shape index (κ2) is 5.54. The van der Waals surface area contributed by atoms with Gasteiger partial charge < -0.3 is 4.57 Å². The summed E-state index contributed by atoms with van der Waals surface area (Å²) in [4.78, 5) is 0. The molecule has 0 unspecified atom stereocenters. The van der Waals surface area contributed by atoms with Gasteiger partial charge in [0, 0.05) is 15.6 Å². The van der Waals surface area contributed by atoms with Gasteiger partial charge in [0.1, 0.15) is 5.82 Å². The Morgan fingerprint density at radius 1 is 1.26 bits per heavy atom. The lowest BCUT2D eigenvalue weighted by Gasteiger charge is -2.24. The van der Waals surface area contributed by atoms with Gasteiger partial charge in [0.2, 0.25) is 0 Å². The fourth-order valence-corrected chi connectivity index (χ4v) is 2.79. The van der Waals surface area contributed by atoms with E-state index in [-0.39, 0.29) is 5.54 Å².